The standard InChI is InChI=1S/C16H20FNO6S/c1-4-18(5-2)25(21,22)14-9-11(6-7-12(14)17)15(19)24-13-8-10(3)23-16(13)20/h6-7,9-10,13H,4-5,8H2,1-3H3. The van der Waals surface area contributed by atoms with Gasteiger partial charge in [-0.3, -0.25) is 0 Å². The van der Waals surface area contributed by atoms with Gasteiger partial charge in [0.25, 0.3) is 0 Å². The van der Waals surface area contributed by atoms with Crippen molar-refractivity contribution in [3.05, 3.63) is 29.6 Å². The minimum atomic E-state index is -4.08. The Balaban J connectivity index is 2.29. The van der Waals surface area contributed by atoms with Crippen molar-refractivity contribution in [1.29, 1.82) is 0 Å². The number of carbonyl (C=O) groups is 2. The Hall–Kier alpha value is -2.00. The highest BCUT2D eigenvalue weighted by Crippen LogP contribution is 2.23. The van der Waals surface area contributed by atoms with E-state index in [2.05, 4.69) is 0 Å². The summed E-state index contributed by atoms with van der Waals surface area (Å²) < 4.78 is 50.1. The van der Waals surface area contributed by atoms with Gasteiger partial charge < -0.3 is 9.47 Å². The van der Waals surface area contributed by atoms with Crippen LogP contribution < -0.4 is 0 Å². The molecule has 0 radical (unpaired) electrons. The van der Waals surface area contributed by atoms with Gasteiger partial charge in [-0.25, -0.2) is 22.4 Å². The molecule has 0 aromatic heterocycles. The van der Waals surface area contributed by atoms with E-state index in [1.807, 2.05) is 0 Å². The molecule has 1 saturated heterocycles. The summed E-state index contributed by atoms with van der Waals surface area (Å²) in [6, 6.07) is 2.93. The maximum Gasteiger partial charge on any atom is 0.347 e. The van der Waals surface area contributed by atoms with Crippen LogP contribution in [0.3, 0.4) is 0 Å². The molecule has 1 fully saturated rings. The Morgan fingerprint density at radius 1 is 1.36 bits per heavy atom. The van der Waals surface area contributed by atoms with Crippen LogP contribution in [0.25, 0.3) is 0 Å². The fourth-order valence-electron chi connectivity index (χ4n) is 2.54. The Labute approximate surface area is 145 Å². The molecule has 0 amide bonds. The van der Waals surface area contributed by atoms with Crippen molar-refractivity contribution in [2.45, 2.75) is 44.3 Å². The number of rotatable bonds is 6. The molecule has 0 N–H and O–H groups in total. The Morgan fingerprint density at radius 2 is 2.00 bits per heavy atom. The van der Waals surface area contributed by atoms with Gasteiger partial charge in [-0.15, -0.1) is 0 Å². The van der Waals surface area contributed by atoms with E-state index in [4.69, 9.17) is 9.47 Å². The molecular formula is C16H20FNO6S. The number of hydrogen-bond acceptors (Lipinski definition) is 6. The number of hydrogen-bond donors (Lipinski definition) is 0. The number of sulfonamides is 1. The first kappa shape index (κ1) is 19.3. The Bertz CT molecular complexity index is 775. The smallest absolute Gasteiger partial charge is 0.347 e. The van der Waals surface area contributed by atoms with Gasteiger partial charge >= 0.3 is 11.9 Å². The third-order valence-electron chi connectivity index (χ3n) is 3.87. The molecule has 1 heterocycles. The summed E-state index contributed by atoms with van der Waals surface area (Å²) in [5, 5.41) is 0. The number of carbonyl (C=O) groups excluding carboxylic acids is 2. The highest BCUT2D eigenvalue weighted by Gasteiger charge is 2.35. The molecule has 1 aliphatic rings. The van der Waals surface area contributed by atoms with E-state index in [1.54, 1.807) is 20.8 Å². The van der Waals surface area contributed by atoms with Crippen molar-refractivity contribution in [1.82, 2.24) is 4.31 Å². The average molecular weight is 373 g/mol. The second-order valence-corrected chi connectivity index (χ2v) is 7.52. The third-order valence-corrected chi connectivity index (χ3v) is 5.93. The van der Waals surface area contributed by atoms with Crippen LogP contribution in [0.2, 0.25) is 0 Å². The summed E-state index contributed by atoms with van der Waals surface area (Å²) in [5.74, 6) is -2.52. The lowest BCUT2D eigenvalue weighted by atomic mass is 10.2. The monoisotopic (exact) mass is 373 g/mol. The van der Waals surface area contributed by atoms with Crippen molar-refractivity contribution in [3.63, 3.8) is 0 Å². The van der Waals surface area contributed by atoms with Crippen molar-refractivity contribution >= 4 is 22.0 Å². The van der Waals surface area contributed by atoms with Crippen LogP contribution in [0.4, 0.5) is 4.39 Å². The molecule has 1 aromatic carbocycles. The Kier molecular flexibility index (Phi) is 5.79. The second kappa shape index (κ2) is 7.49. The molecule has 2 unspecified atom stereocenters. The van der Waals surface area contributed by atoms with E-state index in [-0.39, 0.29) is 31.2 Å². The molecule has 1 aliphatic heterocycles. The molecule has 138 valence electrons. The highest BCUT2D eigenvalue weighted by atomic mass is 32.2. The molecular weight excluding hydrogens is 353 g/mol. The number of esters is 2. The third kappa shape index (κ3) is 3.98. The van der Waals surface area contributed by atoms with Crippen LogP contribution in [0.5, 0.6) is 0 Å². The van der Waals surface area contributed by atoms with Crippen molar-refractivity contribution < 1.29 is 31.9 Å². The average Bonchev–Trinajstić information content (AvgIpc) is 2.85. The van der Waals surface area contributed by atoms with Crippen molar-refractivity contribution in [3.8, 4) is 0 Å². The molecule has 0 aliphatic carbocycles. The molecule has 7 nitrogen and oxygen atoms in total. The number of cyclic esters (lactones) is 1. The van der Waals surface area contributed by atoms with E-state index in [1.165, 1.54) is 0 Å². The fourth-order valence-corrected chi connectivity index (χ4v) is 4.09. The maximum absolute atomic E-state index is 14.0. The summed E-state index contributed by atoms with van der Waals surface area (Å²) in [6.07, 6.45) is -1.19. The molecule has 9 heteroatoms. The summed E-state index contributed by atoms with van der Waals surface area (Å²) in [5.41, 5.74) is -0.153. The summed E-state index contributed by atoms with van der Waals surface area (Å²) >= 11 is 0. The van der Waals surface area contributed by atoms with Gasteiger partial charge in [0.2, 0.25) is 16.1 Å². The summed E-state index contributed by atoms with van der Waals surface area (Å²) in [4.78, 5) is 23.1. The molecule has 0 bridgehead atoms. The summed E-state index contributed by atoms with van der Waals surface area (Å²) in [6.45, 7) is 5.25. The first-order valence-corrected chi connectivity index (χ1v) is 9.35. The van der Waals surface area contributed by atoms with Gasteiger partial charge in [-0.1, -0.05) is 13.8 Å². The highest BCUT2D eigenvalue weighted by molar-refractivity contribution is 7.89. The largest absolute Gasteiger partial charge is 0.460 e. The number of ether oxygens (including phenoxy) is 2. The number of halogens is 1. The van der Waals surface area contributed by atoms with E-state index < -0.39 is 38.8 Å². The Morgan fingerprint density at radius 3 is 2.52 bits per heavy atom. The van der Waals surface area contributed by atoms with Gasteiger partial charge in [0.05, 0.1) is 5.56 Å². The SMILES string of the molecule is CCN(CC)S(=O)(=O)c1cc(C(=O)OC2CC(C)OC2=O)ccc1F. The van der Waals surface area contributed by atoms with Gasteiger partial charge in [-0.2, -0.15) is 4.31 Å². The fraction of sp³-hybridized carbons (Fsp3) is 0.500. The molecule has 2 rings (SSSR count). The minimum absolute atomic E-state index is 0.153. The minimum Gasteiger partial charge on any atom is -0.460 e. The lowest BCUT2D eigenvalue weighted by Crippen LogP contribution is -2.31. The predicted octanol–water partition coefficient (Wildman–Crippen LogP) is 1.72. The first-order valence-electron chi connectivity index (χ1n) is 7.91. The molecule has 25 heavy (non-hydrogen) atoms. The van der Waals surface area contributed by atoms with Gasteiger partial charge in [0.1, 0.15) is 16.8 Å². The van der Waals surface area contributed by atoms with Crippen molar-refractivity contribution in [2.24, 2.45) is 0 Å². The van der Waals surface area contributed by atoms with E-state index in [0.29, 0.717) is 0 Å². The van der Waals surface area contributed by atoms with Crippen LogP contribution in [0, 0.1) is 5.82 Å². The predicted molar refractivity (Wildman–Crippen MR) is 85.9 cm³/mol. The summed E-state index contributed by atoms with van der Waals surface area (Å²) in [7, 11) is -4.08. The second-order valence-electron chi connectivity index (χ2n) is 5.61. The first-order chi connectivity index (χ1) is 11.7. The molecule has 2 atom stereocenters. The van der Waals surface area contributed by atoms with Gasteiger partial charge in [0.15, 0.2) is 0 Å². The van der Waals surface area contributed by atoms with E-state index in [9.17, 15) is 22.4 Å². The zero-order chi connectivity index (χ0) is 18.8. The molecule has 0 spiro atoms. The topological polar surface area (TPSA) is 90.0 Å². The van der Waals surface area contributed by atoms with Gasteiger partial charge in [0, 0.05) is 19.5 Å². The van der Waals surface area contributed by atoms with Crippen LogP contribution in [0.15, 0.2) is 23.1 Å². The zero-order valence-electron chi connectivity index (χ0n) is 14.2. The van der Waals surface area contributed by atoms with Gasteiger partial charge in [-0.05, 0) is 25.1 Å². The molecule has 0 saturated carbocycles. The van der Waals surface area contributed by atoms with Crippen LogP contribution >= 0.6 is 0 Å². The zero-order valence-corrected chi connectivity index (χ0v) is 15.0. The van der Waals surface area contributed by atoms with E-state index in [0.717, 1.165) is 22.5 Å². The lowest BCUT2D eigenvalue weighted by molar-refractivity contribution is -0.147. The normalized spacial score (nSPS) is 20.6. The van der Waals surface area contributed by atoms with Crippen LogP contribution in [-0.2, 0) is 24.3 Å². The molecule has 1 aromatic rings. The van der Waals surface area contributed by atoms with Crippen LogP contribution in [0.1, 0.15) is 37.6 Å². The number of benzene rings is 1. The van der Waals surface area contributed by atoms with Crippen molar-refractivity contribution in [2.75, 3.05) is 13.1 Å². The lowest BCUT2D eigenvalue weighted by Gasteiger charge is -2.19. The quantitative estimate of drug-likeness (QED) is 0.705. The van der Waals surface area contributed by atoms with E-state index >= 15 is 0 Å². The van der Waals surface area contributed by atoms with Crippen LogP contribution in [-0.4, -0.2) is 50.0 Å². The maximum atomic E-state index is 14.0. The number of nitrogens with zero attached hydrogens (tertiary/aromatic N) is 1.